The number of aryl methyl sites for hydroxylation is 1. The van der Waals surface area contributed by atoms with E-state index in [2.05, 4.69) is 39.9 Å². The molecule has 0 spiro atoms. The molecule has 2 aromatic heterocycles. The normalized spacial score (nSPS) is 24.8. The molecule has 3 N–H and O–H groups in total. The third kappa shape index (κ3) is 4.92. The summed E-state index contributed by atoms with van der Waals surface area (Å²) in [6.45, 7) is 3.93. The van der Waals surface area contributed by atoms with Crippen molar-refractivity contribution in [3.63, 3.8) is 0 Å². The van der Waals surface area contributed by atoms with Gasteiger partial charge >= 0.3 is 6.09 Å². The zero-order valence-corrected chi connectivity index (χ0v) is 20.9. The second-order valence-electron chi connectivity index (χ2n) is 10.6. The van der Waals surface area contributed by atoms with Crippen molar-refractivity contribution in [1.29, 1.82) is 0 Å². The van der Waals surface area contributed by atoms with Gasteiger partial charge < -0.3 is 24.8 Å². The summed E-state index contributed by atoms with van der Waals surface area (Å²) in [6.07, 6.45) is 5.40. The highest BCUT2D eigenvalue weighted by molar-refractivity contribution is 5.94. The van der Waals surface area contributed by atoms with Gasteiger partial charge in [-0.15, -0.1) is 0 Å². The van der Waals surface area contributed by atoms with Crippen LogP contribution in [0.15, 0.2) is 24.3 Å². The smallest absolute Gasteiger partial charge is 0.407 e. The zero-order valence-electron chi connectivity index (χ0n) is 20.9. The lowest BCUT2D eigenvalue weighted by Gasteiger charge is -2.16. The van der Waals surface area contributed by atoms with Crippen molar-refractivity contribution in [3.05, 3.63) is 35.7 Å². The molecule has 3 atom stereocenters. The molecule has 1 amide bonds. The molecule has 10 heteroatoms. The molecule has 1 aromatic carbocycles. The molecular formula is C26H34N6O4. The standard InChI is InChI=1S/C26H34N6O4/c1-26(9-10-26)28-25(33)36-17-7-6-16(12-17)21-13-23(30-29-21)27-20-5-3-4-19-22(31-32(2)24(19)20)15-35-18-8-11-34-14-18/h3-5,13,16-18H,6-12,14-15H2,1-2H3,(H,28,33)(H2,27,29,30). The first-order valence-electron chi connectivity index (χ1n) is 12.9. The highest BCUT2D eigenvalue weighted by atomic mass is 16.6. The second-order valence-corrected chi connectivity index (χ2v) is 10.6. The van der Waals surface area contributed by atoms with Gasteiger partial charge in [0.1, 0.15) is 6.10 Å². The first-order chi connectivity index (χ1) is 17.5. The summed E-state index contributed by atoms with van der Waals surface area (Å²) in [5.41, 5.74) is 3.86. The number of aromatic nitrogens is 4. The molecule has 0 bridgehead atoms. The number of hydrogen-bond donors (Lipinski definition) is 3. The van der Waals surface area contributed by atoms with Gasteiger partial charge in [-0.3, -0.25) is 9.78 Å². The number of H-pyrrole nitrogens is 1. The van der Waals surface area contributed by atoms with Crippen molar-refractivity contribution < 1.29 is 19.0 Å². The predicted octanol–water partition coefficient (Wildman–Crippen LogP) is 4.26. The molecule has 1 aliphatic heterocycles. The summed E-state index contributed by atoms with van der Waals surface area (Å²) in [5.74, 6) is 1.04. The van der Waals surface area contributed by atoms with Crippen LogP contribution in [0.4, 0.5) is 16.3 Å². The average molecular weight is 495 g/mol. The Morgan fingerprint density at radius 3 is 2.97 bits per heavy atom. The summed E-state index contributed by atoms with van der Waals surface area (Å²) >= 11 is 0. The van der Waals surface area contributed by atoms with E-state index in [0.717, 1.165) is 78.9 Å². The molecule has 3 aliphatic rings. The number of carbonyl (C=O) groups excluding carboxylic acids is 1. The largest absolute Gasteiger partial charge is 0.446 e. The lowest BCUT2D eigenvalue weighted by Crippen LogP contribution is -2.36. The van der Waals surface area contributed by atoms with Crippen LogP contribution in [-0.2, 0) is 27.9 Å². The van der Waals surface area contributed by atoms with Crippen LogP contribution in [0.5, 0.6) is 0 Å². The van der Waals surface area contributed by atoms with Crippen molar-refractivity contribution in [1.82, 2.24) is 25.3 Å². The molecule has 10 nitrogen and oxygen atoms in total. The van der Waals surface area contributed by atoms with Crippen LogP contribution in [0.2, 0.25) is 0 Å². The van der Waals surface area contributed by atoms with E-state index < -0.39 is 0 Å². The summed E-state index contributed by atoms with van der Waals surface area (Å²) < 4.78 is 19.0. The first-order valence-corrected chi connectivity index (χ1v) is 12.9. The van der Waals surface area contributed by atoms with Crippen LogP contribution >= 0.6 is 0 Å². The van der Waals surface area contributed by atoms with Crippen LogP contribution in [0.1, 0.15) is 62.8 Å². The van der Waals surface area contributed by atoms with Crippen molar-refractivity contribution in [2.45, 2.75) is 75.7 Å². The summed E-state index contributed by atoms with van der Waals surface area (Å²) in [4.78, 5) is 12.2. The fourth-order valence-corrected chi connectivity index (χ4v) is 5.28. The van der Waals surface area contributed by atoms with Crippen molar-refractivity contribution in [3.8, 4) is 0 Å². The number of anilines is 2. The molecule has 1 saturated heterocycles. The monoisotopic (exact) mass is 494 g/mol. The summed E-state index contributed by atoms with van der Waals surface area (Å²) in [7, 11) is 1.95. The van der Waals surface area contributed by atoms with Crippen LogP contribution in [0, 0.1) is 0 Å². The Labute approximate surface area is 210 Å². The minimum atomic E-state index is -0.293. The Balaban J connectivity index is 1.10. The van der Waals surface area contributed by atoms with Gasteiger partial charge in [0, 0.05) is 42.3 Å². The summed E-state index contributed by atoms with van der Waals surface area (Å²) in [5, 5.41) is 19.9. The molecule has 2 aliphatic carbocycles. The number of aromatic amines is 1. The van der Waals surface area contributed by atoms with Gasteiger partial charge in [-0.2, -0.15) is 10.2 Å². The van der Waals surface area contributed by atoms with Gasteiger partial charge in [0.15, 0.2) is 5.82 Å². The summed E-state index contributed by atoms with van der Waals surface area (Å²) in [6, 6.07) is 8.18. The number of hydrogen-bond acceptors (Lipinski definition) is 7. The zero-order chi connectivity index (χ0) is 24.7. The van der Waals surface area contributed by atoms with Gasteiger partial charge in [0.2, 0.25) is 0 Å². The number of benzene rings is 1. The number of amides is 1. The minimum Gasteiger partial charge on any atom is -0.446 e. The van der Waals surface area contributed by atoms with Crippen LogP contribution < -0.4 is 10.6 Å². The fourth-order valence-electron chi connectivity index (χ4n) is 5.28. The SMILES string of the molecule is Cn1nc(COC2CCOC2)c2cccc(Nc3cc(C4CCC(OC(=O)NC5(C)CC5)C4)[nH]n3)c21. The van der Waals surface area contributed by atoms with Gasteiger partial charge in [0.05, 0.1) is 36.2 Å². The number of fused-ring (bicyclic) bond motifs is 1. The van der Waals surface area contributed by atoms with E-state index in [1.807, 2.05) is 23.9 Å². The van der Waals surface area contributed by atoms with Crippen LogP contribution in [-0.4, -0.2) is 57.0 Å². The van der Waals surface area contributed by atoms with E-state index >= 15 is 0 Å². The Bertz CT molecular complexity index is 1240. The number of nitrogens with one attached hydrogen (secondary N) is 3. The number of nitrogens with zero attached hydrogens (tertiary/aromatic N) is 3. The predicted molar refractivity (Wildman–Crippen MR) is 134 cm³/mol. The van der Waals surface area contributed by atoms with E-state index in [9.17, 15) is 4.79 Å². The quantitative estimate of drug-likeness (QED) is 0.429. The molecule has 3 fully saturated rings. The number of ether oxygens (including phenoxy) is 3. The molecule has 6 rings (SSSR count). The molecule has 3 unspecified atom stereocenters. The topological polar surface area (TPSA) is 115 Å². The Hall–Kier alpha value is -3.11. The fraction of sp³-hybridized carbons (Fsp3) is 0.577. The van der Waals surface area contributed by atoms with Crippen molar-refractivity contribution in [2.75, 3.05) is 18.5 Å². The third-order valence-electron chi connectivity index (χ3n) is 7.65. The second kappa shape index (κ2) is 9.40. The lowest BCUT2D eigenvalue weighted by molar-refractivity contribution is 0.0304. The van der Waals surface area contributed by atoms with Crippen molar-refractivity contribution >= 4 is 28.5 Å². The number of carbonyl (C=O) groups is 1. The number of para-hydroxylation sites is 1. The maximum absolute atomic E-state index is 12.2. The highest BCUT2D eigenvalue weighted by Crippen LogP contribution is 2.38. The van der Waals surface area contributed by atoms with Gasteiger partial charge in [-0.1, -0.05) is 12.1 Å². The van der Waals surface area contributed by atoms with Crippen LogP contribution in [0.25, 0.3) is 10.9 Å². The first kappa shape index (κ1) is 23.3. The molecule has 0 radical (unpaired) electrons. The van der Waals surface area contributed by atoms with Crippen LogP contribution in [0.3, 0.4) is 0 Å². The molecule has 3 heterocycles. The van der Waals surface area contributed by atoms with E-state index in [1.54, 1.807) is 0 Å². The maximum Gasteiger partial charge on any atom is 0.407 e. The minimum absolute atomic E-state index is 0.0586. The van der Waals surface area contributed by atoms with E-state index in [4.69, 9.17) is 19.3 Å². The van der Waals surface area contributed by atoms with E-state index in [0.29, 0.717) is 13.2 Å². The average Bonchev–Trinajstić information content (AvgIpc) is 3.40. The highest BCUT2D eigenvalue weighted by Gasteiger charge is 2.40. The number of alkyl carbamates (subject to hydrolysis) is 1. The third-order valence-corrected chi connectivity index (χ3v) is 7.65. The Morgan fingerprint density at radius 1 is 1.28 bits per heavy atom. The molecule has 3 aromatic rings. The van der Waals surface area contributed by atoms with Gasteiger partial charge in [-0.25, -0.2) is 4.79 Å². The van der Waals surface area contributed by atoms with E-state index in [-0.39, 0.29) is 29.8 Å². The Kier molecular flexibility index (Phi) is 6.08. The molecule has 36 heavy (non-hydrogen) atoms. The van der Waals surface area contributed by atoms with Gasteiger partial charge in [-0.05, 0) is 51.5 Å². The molecule has 192 valence electrons. The molecule has 2 saturated carbocycles. The number of rotatable bonds is 8. The lowest BCUT2D eigenvalue weighted by atomic mass is 10.0. The van der Waals surface area contributed by atoms with Crippen molar-refractivity contribution in [2.24, 2.45) is 7.05 Å². The Morgan fingerprint density at radius 2 is 2.17 bits per heavy atom. The molecular weight excluding hydrogens is 460 g/mol. The van der Waals surface area contributed by atoms with E-state index in [1.165, 1.54) is 0 Å². The van der Waals surface area contributed by atoms with Gasteiger partial charge in [0.25, 0.3) is 0 Å². The maximum atomic E-state index is 12.2.